The van der Waals surface area contributed by atoms with Gasteiger partial charge in [0.05, 0.1) is 18.6 Å². The Balaban J connectivity index is 1.84. The van der Waals surface area contributed by atoms with E-state index in [1.54, 1.807) is 37.6 Å². The van der Waals surface area contributed by atoms with Crippen LogP contribution >= 0.6 is 0 Å². The van der Waals surface area contributed by atoms with Crippen molar-refractivity contribution in [2.75, 3.05) is 0 Å². The number of halogens is 1. The molecule has 0 atom stereocenters. The summed E-state index contributed by atoms with van der Waals surface area (Å²) in [6, 6.07) is 5.21. The van der Waals surface area contributed by atoms with Crippen LogP contribution in [0.3, 0.4) is 0 Å². The Bertz CT molecular complexity index is 836. The third-order valence-corrected chi connectivity index (χ3v) is 3.57. The van der Waals surface area contributed by atoms with E-state index in [1.165, 1.54) is 4.40 Å². The van der Waals surface area contributed by atoms with Gasteiger partial charge in [-0.1, -0.05) is 6.07 Å². The summed E-state index contributed by atoms with van der Waals surface area (Å²) in [5.74, 6) is -1.18. The van der Waals surface area contributed by atoms with Crippen LogP contribution < -0.4 is 5.32 Å². The molecule has 22 heavy (non-hydrogen) atoms. The van der Waals surface area contributed by atoms with Crippen molar-refractivity contribution >= 4 is 11.6 Å². The second-order valence-corrected chi connectivity index (χ2v) is 4.97. The second-order valence-electron chi connectivity index (χ2n) is 4.97. The molecule has 0 aliphatic rings. The van der Waals surface area contributed by atoms with Gasteiger partial charge in [-0.2, -0.15) is 4.39 Å². The number of pyridine rings is 1. The molecular weight excluding hydrogens is 285 g/mol. The topological polar surface area (TPSA) is 64.2 Å². The number of nitrogens with zero attached hydrogens (tertiary/aromatic N) is 4. The molecule has 0 aliphatic heterocycles. The summed E-state index contributed by atoms with van der Waals surface area (Å²) in [5, 5.41) is 2.68. The lowest BCUT2D eigenvalue weighted by Gasteiger charge is -2.06. The average Bonchev–Trinajstić information content (AvgIpc) is 3.10. The van der Waals surface area contributed by atoms with Crippen molar-refractivity contribution in [3.05, 3.63) is 53.8 Å². The molecule has 0 aromatic carbocycles. The molecule has 6 nitrogen and oxygen atoms in total. The molecule has 3 aromatic rings. The van der Waals surface area contributed by atoms with E-state index in [2.05, 4.69) is 15.3 Å². The van der Waals surface area contributed by atoms with Crippen molar-refractivity contribution in [1.29, 1.82) is 0 Å². The molecule has 3 heterocycles. The first-order chi connectivity index (χ1) is 10.6. The van der Waals surface area contributed by atoms with E-state index in [1.807, 2.05) is 11.5 Å². The molecule has 0 bridgehead atoms. The first-order valence-corrected chi connectivity index (χ1v) is 7.02. The Kier molecular flexibility index (Phi) is 3.62. The molecule has 1 amide bonds. The summed E-state index contributed by atoms with van der Waals surface area (Å²) < 4.78 is 17.6. The Morgan fingerprint density at radius 1 is 1.41 bits per heavy atom. The number of imidazole rings is 2. The molecule has 0 unspecified atom stereocenters. The number of nitrogens with one attached hydrogen (secondary N) is 1. The molecule has 0 radical (unpaired) electrons. The highest BCUT2D eigenvalue weighted by Gasteiger charge is 2.19. The molecule has 0 saturated carbocycles. The maximum Gasteiger partial charge on any atom is 0.275 e. The van der Waals surface area contributed by atoms with Crippen LogP contribution in [-0.4, -0.2) is 24.8 Å². The lowest BCUT2D eigenvalue weighted by molar-refractivity contribution is 0.0941. The fourth-order valence-corrected chi connectivity index (χ4v) is 2.39. The van der Waals surface area contributed by atoms with Crippen LogP contribution in [0.15, 0.2) is 30.7 Å². The molecular formula is C15H16FN5O. The summed E-state index contributed by atoms with van der Waals surface area (Å²) in [7, 11) is 0. The van der Waals surface area contributed by atoms with Gasteiger partial charge in [0, 0.05) is 18.4 Å². The zero-order chi connectivity index (χ0) is 15.7. The number of carbonyl (C=O) groups is 1. The Morgan fingerprint density at radius 3 is 2.95 bits per heavy atom. The molecule has 0 spiro atoms. The number of carbonyl (C=O) groups excluding carboxylic acids is 1. The predicted octanol–water partition coefficient (Wildman–Crippen LogP) is 1.93. The molecule has 1 N–H and O–H groups in total. The number of hydrogen-bond donors (Lipinski definition) is 1. The number of aryl methyl sites for hydroxylation is 2. The van der Waals surface area contributed by atoms with Gasteiger partial charge >= 0.3 is 0 Å². The SMILES string of the molecule is CCn1cncc1CNC(=O)c1nc2cccc(C)n2c1F. The van der Waals surface area contributed by atoms with Gasteiger partial charge in [-0.15, -0.1) is 0 Å². The van der Waals surface area contributed by atoms with Crippen molar-refractivity contribution < 1.29 is 9.18 Å². The van der Waals surface area contributed by atoms with E-state index < -0.39 is 11.9 Å². The van der Waals surface area contributed by atoms with Crippen LogP contribution in [0.4, 0.5) is 4.39 Å². The molecule has 114 valence electrons. The fraction of sp³-hybridized carbons (Fsp3) is 0.267. The molecule has 3 rings (SSSR count). The van der Waals surface area contributed by atoms with E-state index >= 15 is 0 Å². The number of amides is 1. The maximum absolute atomic E-state index is 14.4. The van der Waals surface area contributed by atoms with Crippen molar-refractivity contribution in [3.63, 3.8) is 0 Å². The summed E-state index contributed by atoms with van der Waals surface area (Å²) in [5.41, 5.74) is 1.76. The standard InChI is InChI=1S/C15H16FN5O/c1-3-20-9-17-7-11(20)8-18-15(22)13-14(16)21-10(2)5-4-6-12(21)19-13/h4-7,9H,3,8H2,1-2H3,(H,18,22). The van der Waals surface area contributed by atoms with Crippen molar-refractivity contribution in [2.24, 2.45) is 0 Å². The van der Waals surface area contributed by atoms with Crippen LogP contribution in [-0.2, 0) is 13.1 Å². The minimum Gasteiger partial charge on any atom is -0.345 e. The van der Waals surface area contributed by atoms with Gasteiger partial charge in [-0.25, -0.2) is 9.97 Å². The Morgan fingerprint density at radius 2 is 2.23 bits per heavy atom. The highest BCUT2D eigenvalue weighted by molar-refractivity contribution is 5.93. The molecule has 0 fully saturated rings. The smallest absolute Gasteiger partial charge is 0.275 e. The summed E-state index contributed by atoms with van der Waals surface area (Å²) in [6.45, 7) is 4.78. The van der Waals surface area contributed by atoms with Crippen molar-refractivity contribution in [2.45, 2.75) is 26.9 Å². The second kappa shape index (κ2) is 5.59. The monoisotopic (exact) mass is 301 g/mol. The van der Waals surface area contributed by atoms with E-state index in [-0.39, 0.29) is 12.2 Å². The van der Waals surface area contributed by atoms with Crippen LogP contribution in [0.25, 0.3) is 5.65 Å². The number of rotatable bonds is 4. The van der Waals surface area contributed by atoms with Gasteiger partial charge in [-0.3, -0.25) is 9.20 Å². The predicted molar refractivity (Wildman–Crippen MR) is 79.0 cm³/mol. The average molecular weight is 301 g/mol. The van der Waals surface area contributed by atoms with Gasteiger partial charge < -0.3 is 9.88 Å². The Hall–Kier alpha value is -2.70. The first kappa shape index (κ1) is 14.2. The van der Waals surface area contributed by atoms with Gasteiger partial charge in [-0.05, 0) is 26.0 Å². The molecule has 0 saturated heterocycles. The minimum atomic E-state index is -0.644. The highest BCUT2D eigenvalue weighted by Crippen LogP contribution is 2.14. The van der Waals surface area contributed by atoms with E-state index in [0.717, 1.165) is 12.2 Å². The first-order valence-electron chi connectivity index (χ1n) is 7.02. The lowest BCUT2D eigenvalue weighted by Crippen LogP contribution is -2.25. The lowest BCUT2D eigenvalue weighted by atomic mass is 10.3. The van der Waals surface area contributed by atoms with Gasteiger partial charge in [0.1, 0.15) is 5.65 Å². The largest absolute Gasteiger partial charge is 0.345 e. The summed E-state index contributed by atoms with van der Waals surface area (Å²) in [4.78, 5) is 20.3. The minimum absolute atomic E-state index is 0.197. The normalized spacial score (nSPS) is 11.0. The third kappa shape index (κ3) is 2.34. The van der Waals surface area contributed by atoms with Crippen LogP contribution in [0, 0.1) is 12.9 Å². The van der Waals surface area contributed by atoms with Gasteiger partial charge in [0.25, 0.3) is 5.91 Å². The zero-order valence-corrected chi connectivity index (χ0v) is 12.4. The number of aromatic nitrogens is 4. The van der Waals surface area contributed by atoms with Crippen molar-refractivity contribution in [1.82, 2.24) is 24.3 Å². The molecule has 0 aliphatic carbocycles. The highest BCUT2D eigenvalue weighted by atomic mass is 19.1. The quantitative estimate of drug-likeness (QED) is 0.801. The Labute approximate surface area is 126 Å². The summed E-state index contributed by atoms with van der Waals surface area (Å²) >= 11 is 0. The van der Waals surface area contributed by atoms with Gasteiger partial charge in [0.15, 0.2) is 5.69 Å². The van der Waals surface area contributed by atoms with E-state index in [0.29, 0.717) is 11.3 Å². The third-order valence-electron chi connectivity index (χ3n) is 3.57. The van der Waals surface area contributed by atoms with E-state index in [9.17, 15) is 9.18 Å². The van der Waals surface area contributed by atoms with Crippen LogP contribution in [0.1, 0.15) is 28.8 Å². The summed E-state index contributed by atoms with van der Waals surface area (Å²) in [6.07, 6.45) is 3.37. The van der Waals surface area contributed by atoms with Crippen LogP contribution in [0.2, 0.25) is 0 Å². The number of fused-ring (bicyclic) bond motifs is 1. The fourth-order valence-electron chi connectivity index (χ4n) is 2.39. The molecule has 3 aromatic heterocycles. The van der Waals surface area contributed by atoms with E-state index in [4.69, 9.17) is 0 Å². The maximum atomic E-state index is 14.4. The number of hydrogen-bond acceptors (Lipinski definition) is 3. The van der Waals surface area contributed by atoms with Gasteiger partial charge in [0.2, 0.25) is 5.95 Å². The van der Waals surface area contributed by atoms with Crippen molar-refractivity contribution in [3.8, 4) is 0 Å². The zero-order valence-electron chi connectivity index (χ0n) is 12.4. The molecule has 7 heteroatoms. The van der Waals surface area contributed by atoms with Crippen LogP contribution in [0.5, 0.6) is 0 Å².